The number of hydrogen-bond acceptors (Lipinski definition) is 6. The van der Waals surface area contributed by atoms with E-state index in [0.29, 0.717) is 67.5 Å². The standard InChI is InChI=1S/C19H24N4O4/c1-12-21-16-6-9-23(8-5-14(16)18(24)22-12)19(25)15-4-3-13(26-2)11-17(15)27-10-7-20/h3-4,11H,5-10,20H2,1-2H3,(H,21,22,24). The van der Waals surface area contributed by atoms with E-state index in [1.54, 1.807) is 37.1 Å². The quantitative estimate of drug-likeness (QED) is 0.798. The Kier molecular flexibility index (Phi) is 5.75. The Labute approximate surface area is 157 Å². The van der Waals surface area contributed by atoms with E-state index in [9.17, 15) is 9.59 Å². The number of rotatable bonds is 5. The van der Waals surface area contributed by atoms with Crippen molar-refractivity contribution in [3.05, 3.63) is 51.2 Å². The molecule has 0 atom stereocenters. The van der Waals surface area contributed by atoms with Gasteiger partial charge in [0.2, 0.25) is 0 Å². The maximum Gasteiger partial charge on any atom is 0.257 e. The third-order valence-corrected chi connectivity index (χ3v) is 4.55. The van der Waals surface area contributed by atoms with Crippen LogP contribution in [0.5, 0.6) is 11.5 Å². The number of carbonyl (C=O) groups is 1. The second-order valence-corrected chi connectivity index (χ2v) is 6.37. The van der Waals surface area contributed by atoms with E-state index in [-0.39, 0.29) is 11.5 Å². The molecule has 2 aromatic rings. The highest BCUT2D eigenvalue weighted by Gasteiger charge is 2.24. The molecular formula is C19H24N4O4. The van der Waals surface area contributed by atoms with E-state index in [2.05, 4.69) is 9.97 Å². The fraction of sp³-hybridized carbons (Fsp3) is 0.421. The Morgan fingerprint density at radius 3 is 2.85 bits per heavy atom. The minimum Gasteiger partial charge on any atom is -0.497 e. The molecule has 8 nitrogen and oxygen atoms in total. The Balaban J connectivity index is 1.84. The van der Waals surface area contributed by atoms with Gasteiger partial charge in [-0.2, -0.15) is 0 Å². The van der Waals surface area contributed by atoms with E-state index >= 15 is 0 Å². The van der Waals surface area contributed by atoms with Gasteiger partial charge in [-0.1, -0.05) is 0 Å². The van der Waals surface area contributed by atoms with Crippen molar-refractivity contribution in [2.24, 2.45) is 5.73 Å². The molecule has 1 aliphatic heterocycles. The minimum absolute atomic E-state index is 0.122. The lowest BCUT2D eigenvalue weighted by Gasteiger charge is -2.22. The van der Waals surface area contributed by atoms with Crippen LogP contribution in [-0.2, 0) is 12.8 Å². The summed E-state index contributed by atoms with van der Waals surface area (Å²) in [6.07, 6.45) is 1.01. The van der Waals surface area contributed by atoms with Crippen molar-refractivity contribution in [1.82, 2.24) is 14.9 Å². The van der Waals surface area contributed by atoms with Crippen LogP contribution in [0.4, 0.5) is 0 Å². The third kappa shape index (κ3) is 4.11. The number of aromatic amines is 1. The summed E-state index contributed by atoms with van der Waals surface area (Å²) in [6, 6.07) is 5.11. The van der Waals surface area contributed by atoms with Crippen molar-refractivity contribution in [2.75, 3.05) is 33.4 Å². The first-order valence-corrected chi connectivity index (χ1v) is 8.92. The number of aromatic nitrogens is 2. The Bertz CT molecular complexity index is 894. The maximum absolute atomic E-state index is 13.1. The lowest BCUT2D eigenvalue weighted by Crippen LogP contribution is -2.33. The molecule has 144 valence electrons. The topological polar surface area (TPSA) is 111 Å². The summed E-state index contributed by atoms with van der Waals surface area (Å²) in [5.41, 5.74) is 7.27. The first kappa shape index (κ1) is 18.9. The number of nitrogens with one attached hydrogen (secondary N) is 1. The molecule has 3 rings (SSSR count). The van der Waals surface area contributed by atoms with Gasteiger partial charge in [0.15, 0.2) is 0 Å². The predicted octanol–water partition coefficient (Wildman–Crippen LogP) is 0.665. The third-order valence-electron chi connectivity index (χ3n) is 4.55. The van der Waals surface area contributed by atoms with Gasteiger partial charge in [0, 0.05) is 37.7 Å². The smallest absolute Gasteiger partial charge is 0.257 e. The minimum atomic E-state index is -0.148. The number of amides is 1. The first-order valence-electron chi connectivity index (χ1n) is 8.92. The Morgan fingerprint density at radius 2 is 2.11 bits per heavy atom. The summed E-state index contributed by atoms with van der Waals surface area (Å²) in [7, 11) is 1.56. The Morgan fingerprint density at radius 1 is 1.33 bits per heavy atom. The summed E-state index contributed by atoms with van der Waals surface area (Å²) in [5, 5.41) is 0. The number of ether oxygens (including phenoxy) is 2. The van der Waals surface area contributed by atoms with Crippen molar-refractivity contribution < 1.29 is 14.3 Å². The van der Waals surface area contributed by atoms with Gasteiger partial charge in [-0.25, -0.2) is 4.98 Å². The van der Waals surface area contributed by atoms with Crippen LogP contribution in [0.25, 0.3) is 0 Å². The number of H-pyrrole nitrogens is 1. The molecule has 0 saturated carbocycles. The van der Waals surface area contributed by atoms with Crippen molar-refractivity contribution in [1.29, 1.82) is 0 Å². The van der Waals surface area contributed by atoms with Gasteiger partial charge in [0.05, 0.1) is 18.4 Å². The molecule has 8 heteroatoms. The van der Waals surface area contributed by atoms with Crippen LogP contribution in [0.3, 0.4) is 0 Å². The fourth-order valence-corrected chi connectivity index (χ4v) is 3.20. The number of methoxy groups -OCH3 is 1. The largest absolute Gasteiger partial charge is 0.497 e. The number of fused-ring (bicyclic) bond motifs is 1. The lowest BCUT2D eigenvalue weighted by molar-refractivity contribution is 0.0758. The summed E-state index contributed by atoms with van der Waals surface area (Å²) in [6.45, 7) is 3.34. The van der Waals surface area contributed by atoms with Crippen molar-refractivity contribution >= 4 is 5.91 Å². The predicted molar refractivity (Wildman–Crippen MR) is 100 cm³/mol. The summed E-state index contributed by atoms with van der Waals surface area (Å²) < 4.78 is 10.9. The van der Waals surface area contributed by atoms with Gasteiger partial charge in [-0.15, -0.1) is 0 Å². The zero-order chi connectivity index (χ0) is 19.4. The zero-order valence-corrected chi connectivity index (χ0v) is 15.6. The molecule has 0 saturated heterocycles. The van der Waals surface area contributed by atoms with Crippen LogP contribution in [0, 0.1) is 6.92 Å². The normalized spacial score (nSPS) is 13.7. The second-order valence-electron chi connectivity index (χ2n) is 6.37. The highest BCUT2D eigenvalue weighted by atomic mass is 16.5. The average molecular weight is 372 g/mol. The van der Waals surface area contributed by atoms with Crippen LogP contribution in [0.15, 0.2) is 23.0 Å². The van der Waals surface area contributed by atoms with Gasteiger partial charge in [0.25, 0.3) is 11.5 Å². The lowest BCUT2D eigenvalue weighted by atomic mass is 10.1. The monoisotopic (exact) mass is 372 g/mol. The molecule has 0 bridgehead atoms. The van der Waals surface area contributed by atoms with E-state index in [4.69, 9.17) is 15.2 Å². The van der Waals surface area contributed by atoms with Crippen molar-refractivity contribution in [3.63, 3.8) is 0 Å². The van der Waals surface area contributed by atoms with Crippen LogP contribution in [0.1, 0.15) is 27.4 Å². The molecule has 0 spiro atoms. The van der Waals surface area contributed by atoms with Gasteiger partial charge in [0.1, 0.15) is 23.9 Å². The summed E-state index contributed by atoms with van der Waals surface area (Å²) in [5.74, 6) is 1.49. The van der Waals surface area contributed by atoms with Crippen molar-refractivity contribution in [3.8, 4) is 11.5 Å². The highest BCUT2D eigenvalue weighted by molar-refractivity contribution is 5.97. The second kappa shape index (κ2) is 8.22. The molecule has 1 amide bonds. The van der Waals surface area contributed by atoms with Crippen LogP contribution in [0.2, 0.25) is 0 Å². The molecule has 2 heterocycles. The van der Waals surface area contributed by atoms with Gasteiger partial charge in [-0.3, -0.25) is 9.59 Å². The van der Waals surface area contributed by atoms with Crippen LogP contribution < -0.4 is 20.8 Å². The molecule has 1 aromatic heterocycles. The van der Waals surface area contributed by atoms with E-state index in [1.807, 2.05) is 0 Å². The molecule has 3 N–H and O–H groups in total. The molecule has 1 aromatic carbocycles. The molecular weight excluding hydrogens is 348 g/mol. The summed E-state index contributed by atoms with van der Waals surface area (Å²) >= 11 is 0. The fourth-order valence-electron chi connectivity index (χ4n) is 3.20. The number of benzene rings is 1. The van der Waals surface area contributed by atoms with E-state index in [1.165, 1.54) is 0 Å². The molecule has 0 radical (unpaired) electrons. The summed E-state index contributed by atoms with van der Waals surface area (Å²) in [4.78, 5) is 34.2. The Hall–Kier alpha value is -2.87. The van der Waals surface area contributed by atoms with Crippen molar-refractivity contribution in [2.45, 2.75) is 19.8 Å². The van der Waals surface area contributed by atoms with Gasteiger partial charge < -0.3 is 25.1 Å². The molecule has 0 aliphatic carbocycles. The molecule has 0 unspecified atom stereocenters. The number of carbonyl (C=O) groups excluding carboxylic acids is 1. The van der Waals surface area contributed by atoms with Crippen LogP contribution in [-0.4, -0.2) is 54.1 Å². The average Bonchev–Trinajstić information content (AvgIpc) is 2.88. The maximum atomic E-state index is 13.1. The molecule has 0 fully saturated rings. The van der Waals surface area contributed by atoms with E-state index < -0.39 is 0 Å². The van der Waals surface area contributed by atoms with E-state index in [0.717, 1.165) is 5.69 Å². The number of aryl methyl sites for hydroxylation is 1. The number of nitrogens with zero attached hydrogens (tertiary/aromatic N) is 2. The number of nitrogens with two attached hydrogens (primary N) is 1. The molecule has 1 aliphatic rings. The zero-order valence-electron chi connectivity index (χ0n) is 15.6. The molecule has 27 heavy (non-hydrogen) atoms. The van der Waals surface area contributed by atoms with Crippen LogP contribution >= 0.6 is 0 Å². The van der Waals surface area contributed by atoms with Gasteiger partial charge >= 0.3 is 0 Å². The number of hydrogen-bond donors (Lipinski definition) is 2. The van der Waals surface area contributed by atoms with Gasteiger partial charge in [-0.05, 0) is 25.5 Å². The highest BCUT2D eigenvalue weighted by Crippen LogP contribution is 2.27. The first-order chi connectivity index (χ1) is 13.0. The SMILES string of the molecule is COc1ccc(C(=O)N2CCc3nc(C)[nH]c(=O)c3CC2)c(OCCN)c1.